The largest absolute Gasteiger partial charge is 0.296 e. The number of imide groups is 1. The van der Waals surface area contributed by atoms with Gasteiger partial charge in [-0.05, 0) is 5.92 Å². The molecule has 3 nitrogen and oxygen atoms in total. The minimum absolute atomic E-state index is 0.110. The van der Waals surface area contributed by atoms with E-state index in [-0.39, 0.29) is 17.7 Å². The Morgan fingerprint density at radius 1 is 1.20 bits per heavy atom. The molecule has 0 aromatic rings. The van der Waals surface area contributed by atoms with Crippen LogP contribution in [0.1, 0.15) is 48.0 Å². The summed E-state index contributed by atoms with van der Waals surface area (Å²) < 4.78 is 0. The third-order valence-electron chi connectivity index (χ3n) is 2.83. The molecule has 0 fully saturated rings. The predicted molar refractivity (Wildman–Crippen MR) is 61.2 cm³/mol. The van der Waals surface area contributed by atoms with E-state index in [0.717, 1.165) is 6.42 Å². The highest BCUT2D eigenvalue weighted by molar-refractivity contribution is 5.98. The van der Waals surface area contributed by atoms with Gasteiger partial charge in [-0.3, -0.25) is 14.9 Å². The first kappa shape index (κ1) is 14.1. The first-order chi connectivity index (χ1) is 6.70. The first-order valence-electron chi connectivity index (χ1n) is 5.55. The molecule has 1 N–H and O–H groups in total. The van der Waals surface area contributed by atoms with E-state index < -0.39 is 5.41 Å². The summed E-state index contributed by atoms with van der Waals surface area (Å²) in [6, 6.07) is 0. The van der Waals surface area contributed by atoms with Crippen LogP contribution in [0.25, 0.3) is 0 Å². The zero-order chi connectivity index (χ0) is 12.2. The van der Waals surface area contributed by atoms with Crippen molar-refractivity contribution in [2.75, 3.05) is 0 Å². The minimum Gasteiger partial charge on any atom is -0.296 e. The topological polar surface area (TPSA) is 46.2 Å². The third-order valence-corrected chi connectivity index (χ3v) is 2.83. The normalized spacial score (nSPS) is 15.6. The average Bonchev–Trinajstić information content (AvgIpc) is 2.13. The van der Waals surface area contributed by atoms with Gasteiger partial charge in [0.05, 0.1) is 0 Å². The summed E-state index contributed by atoms with van der Waals surface area (Å²) in [4.78, 5) is 23.2. The lowest BCUT2D eigenvalue weighted by Crippen LogP contribution is -2.42. The molecule has 0 spiro atoms. The molecule has 3 heteroatoms. The van der Waals surface area contributed by atoms with E-state index in [4.69, 9.17) is 0 Å². The molecular weight excluding hydrogens is 190 g/mol. The van der Waals surface area contributed by atoms with Crippen LogP contribution in [0.2, 0.25) is 0 Å². The Labute approximate surface area is 92.6 Å². The molecule has 15 heavy (non-hydrogen) atoms. The van der Waals surface area contributed by atoms with E-state index in [0.29, 0.717) is 5.92 Å². The fraction of sp³-hybridized carbons (Fsp3) is 0.833. The van der Waals surface area contributed by atoms with Gasteiger partial charge in [-0.1, -0.05) is 48.0 Å². The maximum absolute atomic E-state index is 11.7. The molecule has 2 atom stereocenters. The Morgan fingerprint density at radius 3 is 2.00 bits per heavy atom. The molecule has 0 bridgehead atoms. The first-order valence-corrected chi connectivity index (χ1v) is 5.55. The summed E-state index contributed by atoms with van der Waals surface area (Å²) in [6.45, 7) is 11.3. The maximum Gasteiger partial charge on any atom is 0.231 e. The van der Waals surface area contributed by atoms with Crippen molar-refractivity contribution in [3.63, 3.8) is 0 Å². The van der Waals surface area contributed by atoms with Crippen LogP contribution in [0, 0.1) is 17.3 Å². The SMILES string of the molecule is CC[C@H](C)[C@@H](C)C(=O)NC(=O)C(C)(C)C. The van der Waals surface area contributed by atoms with Gasteiger partial charge in [0.15, 0.2) is 0 Å². The molecule has 0 aliphatic carbocycles. The molecule has 0 aromatic heterocycles. The molecule has 0 aromatic carbocycles. The van der Waals surface area contributed by atoms with Crippen LogP contribution in [0.5, 0.6) is 0 Å². The van der Waals surface area contributed by atoms with Crippen LogP contribution >= 0.6 is 0 Å². The molecule has 0 unspecified atom stereocenters. The number of nitrogens with one attached hydrogen (secondary N) is 1. The van der Waals surface area contributed by atoms with Gasteiger partial charge in [-0.15, -0.1) is 0 Å². The fourth-order valence-electron chi connectivity index (χ4n) is 1.03. The highest BCUT2D eigenvalue weighted by Gasteiger charge is 2.26. The van der Waals surface area contributed by atoms with E-state index in [1.165, 1.54) is 0 Å². The zero-order valence-corrected chi connectivity index (χ0v) is 10.7. The van der Waals surface area contributed by atoms with Crippen LogP contribution in [0.3, 0.4) is 0 Å². The Hall–Kier alpha value is -0.860. The lowest BCUT2D eigenvalue weighted by Gasteiger charge is -2.21. The van der Waals surface area contributed by atoms with Crippen molar-refractivity contribution in [3.05, 3.63) is 0 Å². The average molecular weight is 213 g/mol. The summed E-state index contributed by atoms with van der Waals surface area (Å²) in [6.07, 6.45) is 0.943. The number of rotatable bonds is 3. The van der Waals surface area contributed by atoms with Crippen LogP contribution in [-0.2, 0) is 9.59 Å². The minimum atomic E-state index is -0.509. The van der Waals surface area contributed by atoms with E-state index in [2.05, 4.69) is 5.32 Å². The van der Waals surface area contributed by atoms with Crippen molar-refractivity contribution in [1.82, 2.24) is 5.32 Å². The number of hydrogen-bond donors (Lipinski definition) is 1. The Kier molecular flexibility index (Phi) is 4.98. The van der Waals surface area contributed by atoms with Crippen molar-refractivity contribution in [2.24, 2.45) is 17.3 Å². The second-order valence-corrected chi connectivity index (χ2v) is 5.24. The van der Waals surface area contributed by atoms with Gasteiger partial charge in [0.1, 0.15) is 0 Å². The van der Waals surface area contributed by atoms with E-state index in [1.54, 1.807) is 20.8 Å². The smallest absolute Gasteiger partial charge is 0.231 e. The number of amides is 2. The molecule has 0 rings (SSSR count). The quantitative estimate of drug-likeness (QED) is 0.782. The molecule has 0 aliphatic rings. The summed E-state index contributed by atoms with van der Waals surface area (Å²) in [5.41, 5.74) is -0.509. The van der Waals surface area contributed by atoms with Gasteiger partial charge in [0.2, 0.25) is 11.8 Å². The third kappa shape index (κ3) is 4.45. The van der Waals surface area contributed by atoms with Gasteiger partial charge in [-0.2, -0.15) is 0 Å². The molecule has 0 aliphatic heterocycles. The maximum atomic E-state index is 11.7. The van der Waals surface area contributed by atoms with E-state index in [9.17, 15) is 9.59 Å². The molecule has 88 valence electrons. The standard InChI is InChI=1S/C12H23NO2/c1-7-8(2)9(3)10(14)13-11(15)12(4,5)6/h8-9H,7H2,1-6H3,(H,13,14,15)/t8-,9+/m0/s1. The lowest BCUT2D eigenvalue weighted by molar-refractivity contribution is -0.137. The number of carbonyl (C=O) groups excluding carboxylic acids is 2. The molecular formula is C12H23NO2. The van der Waals surface area contributed by atoms with Crippen molar-refractivity contribution in [3.8, 4) is 0 Å². The van der Waals surface area contributed by atoms with Gasteiger partial charge >= 0.3 is 0 Å². The monoisotopic (exact) mass is 213 g/mol. The van der Waals surface area contributed by atoms with Crippen LogP contribution < -0.4 is 5.32 Å². The molecule has 0 saturated carbocycles. The van der Waals surface area contributed by atoms with Crippen LogP contribution in [-0.4, -0.2) is 11.8 Å². The Bertz CT molecular complexity index is 240. The predicted octanol–water partition coefficient (Wildman–Crippen LogP) is 2.36. The summed E-state index contributed by atoms with van der Waals surface area (Å²) in [5, 5.41) is 2.46. The van der Waals surface area contributed by atoms with E-state index >= 15 is 0 Å². The number of carbonyl (C=O) groups is 2. The highest BCUT2D eigenvalue weighted by atomic mass is 16.2. The van der Waals surface area contributed by atoms with Crippen molar-refractivity contribution < 1.29 is 9.59 Å². The van der Waals surface area contributed by atoms with Gasteiger partial charge < -0.3 is 0 Å². The molecule has 2 amide bonds. The second-order valence-electron chi connectivity index (χ2n) is 5.24. The lowest BCUT2D eigenvalue weighted by atomic mass is 9.91. The summed E-state index contributed by atoms with van der Waals surface area (Å²) in [5.74, 6) is -0.175. The van der Waals surface area contributed by atoms with E-state index in [1.807, 2.05) is 20.8 Å². The fourth-order valence-corrected chi connectivity index (χ4v) is 1.03. The van der Waals surface area contributed by atoms with Crippen molar-refractivity contribution in [2.45, 2.75) is 48.0 Å². The van der Waals surface area contributed by atoms with Crippen molar-refractivity contribution >= 4 is 11.8 Å². The van der Waals surface area contributed by atoms with Gasteiger partial charge in [0.25, 0.3) is 0 Å². The molecule has 0 saturated heterocycles. The highest BCUT2D eigenvalue weighted by Crippen LogP contribution is 2.16. The number of hydrogen-bond acceptors (Lipinski definition) is 2. The summed E-state index contributed by atoms with van der Waals surface area (Å²) in [7, 11) is 0. The second kappa shape index (κ2) is 5.29. The molecule has 0 heterocycles. The Balaban J connectivity index is 4.32. The molecule has 0 radical (unpaired) electrons. The van der Waals surface area contributed by atoms with Crippen LogP contribution in [0.4, 0.5) is 0 Å². The zero-order valence-electron chi connectivity index (χ0n) is 10.7. The summed E-state index contributed by atoms with van der Waals surface area (Å²) >= 11 is 0. The Morgan fingerprint density at radius 2 is 1.67 bits per heavy atom. The van der Waals surface area contributed by atoms with Gasteiger partial charge in [0, 0.05) is 11.3 Å². The van der Waals surface area contributed by atoms with Crippen molar-refractivity contribution in [1.29, 1.82) is 0 Å². The van der Waals surface area contributed by atoms with Gasteiger partial charge in [-0.25, -0.2) is 0 Å². The van der Waals surface area contributed by atoms with Crippen LogP contribution in [0.15, 0.2) is 0 Å².